The van der Waals surface area contributed by atoms with Crippen molar-refractivity contribution in [3.63, 3.8) is 0 Å². The molecule has 16 heterocycles. The van der Waals surface area contributed by atoms with Crippen LogP contribution < -0.4 is 37.3 Å². The number of aromatic nitrogens is 12. The highest BCUT2D eigenvalue weighted by atomic mass is 35.5. The average Bonchev–Trinajstić information content (AvgIpc) is 1.63. The molecule has 5 unspecified atom stereocenters. The number of nitriles is 1. The lowest BCUT2D eigenvalue weighted by Gasteiger charge is -2.38. The third kappa shape index (κ3) is 26.3. The molecule has 53 heteroatoms. The zero-order valence-corrected chi connectivity index (χ0v) is 77.1. The summed E-state index contributed by atoms with van der Waals surface area (Å²) in [5.74, 6) is -0.763. The standard InChI is InChI=1S/C20H21Cl2N6O5.C19H18Cl2N6O5.C17H17ClN6O3.C16H15ClN6O3.C3H4Cl2O2.C2H3N.CH4O.ClH/c1-12(21)32-20(31)28(2)9-7-26(8-10-28)19(30)33-18-16-15(23-5-6-24-16)17(29)27(18)14-4-3-13(22)11-25-14;1-11(20)31-18(29)25-6-8-26(9-7-25)19(30)32-17-15-14(22-4-5-23-15)16(28)27(17)13-3-2-12(21)10-24-13;1-22-6-8-23(9-7-22)17(26)27-16-14-13(19-4-5-20-14)15(25)24(16)12-3-2-11(18)10-21-12;17-10-1-2-11(21-9-10)23-14(24)12-13(20-4-3-19-12)15(23)26-16(25)22-7-5-18-6-8-22;1-2(4)7-3(5)6;1-2-3;1-2;/h3-6,11-12,18H,7-10H2,1-2H3;2-5,10-11,17H,6-9H2,1H3;2-5,10,16H,6-9H2,1H3;1-4,9,15,18H,5-8H2;2H,1H3;1H3;2H,1H3;1H/q+1;;;;;;;/p-1/t;;16-;15-;;;;/m..00..../s1. The van der Waals surface area contributed by atoms with Crippen molar-refractivity contribution >= 4 is 182 Å². The summed E-state index contributed by atoms with van der Waals surface area (Å²) < 4.78 is 36.9. The maximum atomic E-state index is 13.0. The molecule has 0 aromatic carbocycles. The second-order valence-corrected chi connectivity index (χ2v) is 31.8. The summed E-state index contributed by atoms with van der Waals surface area (Å²) >= 11 is 44.9. The van der Waals surface area contributed by atoms with Gasteiger partial charge in [0.05, 0.1) is 46.3 Å². The lowest BCUT2D eigenvalue weighted by molar-refractivity contribution is -0.842. The first-order valence-corrected chi connectivity index (χ1v) is 42.3. The Bertz CT molecular complexity index is 5380. The fourth-order valence-electron chi connectivity index (χ4n) is 13.0. The van der Waals surface area contributed by atoms with Gasteiger partial charge in [-0.15, -0.1) is 0 Å². The number of carbonyl (C=O) groups is 11. The van der Waals surface area contributed by atoms with Crippen molar-refractivity contribution < 1.29 is 108 Å². The first-order valence-electron chi connectivity index (χ1n) is 39.1. The lowest BCUT2D eigenvalue weighted by Crippen LogP contribution is -3.00. The molecule has 0 saturated carbocycles. The van der Waals surface area contributed by atoms with E-state index in [4.69, 9.17) is 132 Å². The van der Waals surface area contributed by atoms with Crippen LogP contribution in [0.4, 0.5) is 56.8 Å². The number of amides is 10. The molecule has 131 heavy (non-hydrogen) atoms. The van der Waals surface area contributed by atoms with Crippen molar-refractivity contribution in [2.75, 3.05) is 146 Å². The molecule has 0 radical (unpaired) electrons. The van der Waals surface area contributed by atoms with E-state index in [2.05, 4.69) is 74.8 Å². The SMILES string of the molecule is CC#N.CC(Cl)OC(=O)Cl.CC(Cl)OC(=O)N1CCN(C(=O)OC2c3nccnc3C(=O)N2c2ccc(Cl)cn2)CC1.CC(Cl)OC(=O)[N+]1(C)CCN(C(=O)OC2c3nccnc3C(=O)N2c2ccc(Cl)cn2)CC1.CN1CCN(C(=O)O[C@H]2c3nccnc3C(=O)N2c2ccc(Cl)cn2)CC1.CO.O=C(O[C@H]1c2nccnc2C(=O)N1c1ccc(Cl)cn1)N1CCNCC1.[Cl-]. The fraction of sp³-hybridized carbons (Fsp3) is 0.385. The topological polar surface area (TPSA) is 496 Å². The quantitative estimate of drug-likeness (QED) is 0.0553. The number of hydrogen-bond donors (Lipinski definition) is 2. The first-order chi connectivity index (χ1) is 62.3. The molecule has 0 spiro atoms. The number of anilines is 4. The van der Waals surface area contributed by atoms with E-state index in [1.54, 1.807) is 72.3 Å². The zero-order chi connectivity index (χ0) is 94.2. The Morgan fingerprint density at radius 3 is 0.916 bits per heavy atom. The van der Waals surface area contributed by atoms with Crippen molar-refractivity contribution in [2.24, 2.45) is 0 Å². The normalized spacial score (nSPS) is 18.5. The van der Waals surface area contributed by atoms with Gasteiger partial charge < -0.3 is 80.5 Å². The van der Waals surface area contributed by atoms with Gasteiger partial charge in [0.1, 0.15) is 59.1 Å². The van der Waals surface area contributed by atoms with Crippen molar-refractivity contribution in [1.29, 1.82) is 5.26 Å². The van der Waals surface area contributed by atoms with Gasteiger partial charge in [-0.25, -0.2) is 92.7 Å². The first kappa shape index (κ1) is 103. The van der Waals surface area contributed by atoms with Crippen LogP contribution in [0.1, 0.15) is 117 Å². The van der Waals surface area contributed by atoms with Crippen LogP contribution in [-0.2, 0) is 33.2 Å². The number of likely N-dealkylation sites (N-methyl/N-ethyl adjacent to an activating group) is 2. The summed E-state index contributed by atoms with van der Waals surface area (Å²) in [5, 5.41) is 19.1. The number of ether oxygens (including phenoxy) is 7. The highest BCUT2D eigenvalue weighted by molar-refractivity contribution is 6.61. The molecule has 44 nitrogen and oxygen atoms in total. The maximum absolute atomic E-state index is 13.0. The monoisotopic (exact) mass is 1990 g/mol. The van der Waals surface area contributed by atoms with Crippen LogP contribution in [-0.4, -0.2) is 307 Å². The number of piperazine rings is 4. The number of carbonyl (C=O) groups excluding carboxylic acids is 11. The number of nitrogens with zero attached hydrogens (tertiary/aromatic N) is 24. The zero-order valence-electron chi connectivity index (χ0n) is 70.3. The van der Waals surface area contributed by atoms with E-state index in [0.717, 1.165) is 20.2 Å². The Labute approximate surface area is 793 Å². The molecular formula is C78H82Cl9N25O19. The van der Waals surface area contributed by atoms with E-state index in [1.807, 2.05) is 7.05 Å². The smallest absolute Gasteiger partial charge is 0.517 e. The van der Waals surface area contributed by atoms with Crippen LogP contribution in [0.5, 0.6) is 0 Å². The van der Waals surface area contributed by atoms with Gasteiger partial charge in [0.2, 0.25) is 24.9 Å². The molecule has 8 aliphatic heterocycles. The third-order valence-electron chi connectivity index (χ3n) is 19.3. The number of aliphatic hydroxyl groups excluding tert-OH is 1. The molecule has 10 amide bonds. The minimum Gasteiger partial charge on any atom is -1.00 e. The van der Waals surface area contributed by atoms with E-state index in [1.165, 1.54) is 135 Å². The van der Waals surface area contributed by atoms with Crippen LogP contribution >= 0.6 is 92.8 Å². The van der Waals surface area contributed by atoms with Crippen LogP contribution in [0, 0.1) is 11.3 Å². The fourth-order valence-corrected chi connectivity index (χ4v) is 13.8. The maximum Gasteiger partial charge on any atom is 0.517 e. The molecular weight excluding hydrogens is 1910 g/mol. The van der Waals surface area contributed by atoms with E-state index in [9.17, 15) is 52.7 Å². The van der Waals surface area contributed by atoms with Gasteiger partial charge in [0, 0.05) is 179 Å². The highest BCUT2D eigenvalue weighted by Crippen LogP contribution is 2.41. The number of aliphatic hydroxyl groups is 1. The molecule has 4 saturated heterocycles. The van der Waals surface area contributed by atoms with Crippen molar-refractivity contribution in [1.82, 2.24) is 94.5 Å². The average molecular weight is 1990 g/mol. The van der Waals surface area contributed by atoms with Crippen LogP contribution in [0.25, 0.3) is 0 Å². The van der Waals surface area contributed by atoms with E-state index < -0.39 is 107 Å². The molecule has 4 fully saturated rings. The minimum absolute atomic E-state index is 0. The van der Waals surface area contributed by atoms with Gasteiger partial charge in [-0.05, 0) is 76.3 Å². The van der Waals surface area contributed by atoms with E-state index in [0.29, 0.717) is 89.8 Å². The van der Waals surface area contributed by atoms with Gasteiger partial charge >= 0.3 is 42.0 Å². The number of hydrogen-bond acceptors (Lipinski definition) is 34. The second-order valence-electron chi connectivity index (χ2n) is 28.0. The number of quaternary nitrogens is 1. The summed E-state index contributed by atoms with van der Waals surface area (Å²) in [6.07, 6.45) is 9.28. The Morgan fingerprint density at radius 2 is 0.664 bits per heavy atom. The number of pyridine rings is 4. The lowest BCUT2D eigenvalue weighted by atomic mass is 10.3. The van der Waals surface area contributed by atoms with Gasteiger partial charge in [-0.3, -0.25) is 44.0 Å². The number of rotatable bonds is 11. The number of nitrogens with one attached hydrogen (secondary N) is 1. The Kier molecular flexibility index (Phi) is 37.9. The van der Waals surface area contributed by atoms with Crippen molar-refractivity contribution in [3.05, 3.63) is 189 Å². The molecule has 0 aliphatic carbocycles. The predicted molar refractivity (Wildman–Crippen MR) is 464 cm³/mol. The van der Waals surface area contributed by atoms with Gasteiger partial charge in [0.15, 0.2) is 39.5 Å². The number of halogens is 9. The van der Waals surface area contributed by atoms with E-state index >= 15 is 0 Å². The number of alkyl halides is 3. The third-order valence-corrected chi connectivity index (χ3v) is 20.5. The van der Waals surface area contributed by atoms with Gasteiger partial charge in [0.25, 0.3) is 23.6 Å². The predicted octanol–water partition coefficient (Wildman–Crippen LogP) is 7.35. The summed E-state index contributed by atoms with van der Waals surface area (Å²) in [7, 11) is 4.72. The molecule has 8 aromatic rings. The largest absolute Gasteiger partial charge is 1.00 e. The van der Waals surface area contributed by atoms with Crippen LogP contribution in [0.2, 0.25) is 20.1 Å². The summed E-state index contributed by atoms with van der Waals surface area (Å²) in [6.45, 7) is 13.2. The molecule has 8 aliphatic rings. The molecule has 7 atom stereocenters. The van der Waals surface area contributed by atoms with Gasteiger partial charge in [-0.2, -0.15) is 10.1 Å². The Hall–Kier alpha value is -12.0. The van der Waals surface area contributed by atoms with E-state index in [-0.39, 0.29) is 108 Å². The van der Waals surface area contributed by atoms with Gasteiger partial charge in [-0.1, -0.05) is 81.2 Å². The second kappa shape index (κ2) is 48.3. The summed E-state index contributed by atoms with van der Waals surface area (Å²) in [5.41, 5.74) is -1.56. The van der Waals surface area contributed by atoms with Crippen LogP contribution in [0.3, 0.4) is 0 Å². The number of fused-ring (bicyclic) bond motifs is 4. The summed E-state index contributed by atoms with van der Waals surface area (Å²) in [4.78, 5) is 201. The molecule has 0 bridgehead atoms. The molecule has 8 aromatic heterocycles. The Morgan fingerprint density at radius 1 is 0.412 bits per heavy atom. The van der Waals surface area contributed by atoms with Crippen LogP contribution in [0.15, 0.2) is 123 Å². The molecule has 696 valence electrons. The summed E-state index contributed by atoms with van der Waals surface area (Å²) in [6, 6.07) is 14.4. The van der Waals surface area contributed by atoms with Crippen molar-refractivity contribution in [2.45, 2.75) is 69.3 Å². The van der Waals surface area contributed by atoms with Crippen molar-refractivity contribution in [3.8, 4) is 6.07 Å². The molecule has 2 N–H and O–H groups in total. The Balaban J connectivity index is 0.000000189. The minimum atomic E-state index is -1.15. The highest BCUT2D eigenvalue weighted by Gasteiger charge is 2.50. The molecule has 16 rings (SSSR count).